The van der Waals surface area contributed by atoms with E-state index >= 15 is 0 Å². The van der Waals surface area contributed by atoms with Gasteiger partial charge in [-0.05, 0) is 43.4 Å². The average Bonchev–Trinajstić information content (AvgIpc) is 3.15. The summed E-state index contributed by atoms with van der Waals surface area (Å²) < 4.78 is 0. The van der Waals surface area contributed by atoms with Gasteiger partial charge in [0.25, 0.3) is 0 Å². The number of nitrogens with one attached hydrogen (secondary N) is 1. The summed E-state index contributed by atoms with van der Waals surface area (Å²) in [4.78, 5) is 22.5. The molecule has 0 radical (unpaired) electrons. The second kappa shape index (κ2) is 7.05. The van der Waals surface area contributed by atoms with E-state index in [9.17, 15) is 4.79 Å². The van der Waals surface area contributed by atoms with E-state index in [1.807, 2.05) is 23.1 Å². The molecule has 0 unspecified atom stereocenters. The predicted molar refractivity (Wildman–Crippen MR) is 102 cm³/mol. The Morgan fingerprint density at radius 1 is 1.38 bits per heavy atom. The van der Waals surface area contributed by atoms with Crippen molar-refractivity contribution in [1.29, 1.82) is 0 Å². The Balaban J connectivity index is 1.43. The van der Waals surface area contributed by atoms with Crippen molar-refractivity contribution in [2.75, 3.05) is 13.1 Å². The number of carbonyl (C=O) groups is 1. The number of hydrogen-bond donors (Lipinski definition) is 2. The van der Waals surface area contributed by atoms with Gasteiger partial charge in [0.05, 0.1) is 24.3 Å². The monoisotopic (exact) mass is 372 g/mol. The number of rotatable bonds is 3. The molecule has 1 aliphatic carbocycles. The van der Waals surface area contributed by atoms with E-state index in [0.717, 1.165) is 55.1 Å². The molecule has 0 spiro atoms. The summed E-state index contributed by atoms with van der Waals surface area (Å²) in [6, 6.07) is 8.03. The van der Waals surface area contributed by atoms with Crippen LogP contribution in [-0.2, 0) is 23.2 Å². The first-order valence-corrected chi connectivity index (χ1v) is 9.75. The van der Waals surface area contributed by atoms with E-state index in [4.69, 9.17) is 17.3 Å². The van der Waals surface area contributed by atoms with Crippen LogP contribution in [0.4, 0.5) is 0 Å². The van der Waals surface area contributed by atoms with Crippen LogP contribution >= 0.6 is 11.6 Å². The van der Waals surface area contributed by atoms with Crippen LogP contribution in [0.25, 0.3) is 0 Å². The molecule has 1 fully saturated rings. The zero-order valence-corrected chi connectivity index (χ0v) is 15.6. The fraction of sp³-hybridized carbons (Fsp3) is 0.500. The molecule has 6 heteroatoms. The number of H-pyrrole nitrogens is 1. The van der Waals surface area contributed by atoms with Crippen LogP contribution in [0.15, 0.2) is 30.6 Å². The van der Waals surface area contributed by atoms with Crippen LogP contribution in [0.1, 0.15) is 42.6 Å². The van der Waals surface area contributed by atoms with Crippen molar-refractivity contribution >= 4 is 17.5 Å². The lowest BCUT2D eigenvalue weighted by Gasteiger charge is -2.41. The van der Waals surface area contributed by atoms with Crippen molar-refractivity contribution < 1.29 is 4.79 Å². The van der Waals surface area contributed by atoms with Gasteiger partial charge in [-0.25, -0.2) is 4.98 Å². The fourth-order valence-corrected chi connectivity index (χ4v) is 4.70. The molecular weight excluding hydrogens is 348 g/mol. The number of imidazole rings is 1. The number of hydrogen-bond acceptors (Lipinski definition) is 3. The van der Waals surface area contributed by atoms with Crippen molar-refractivity contribution in [1.82, 2.24) is 14.9 Å². The third-order valence-electron chi connectivity index (χ3n) is 6.21. The van der Waals surface area contributed by atoms with Gasteiger partial charge in [0.15, 0.2) is 0 Å². The Morgan fingerprint density at radius 3 is 2.92 bits per heavy atom. The van der Waals surface area contributed by atoms with Crippen LogP contribution in [0.3, 0.4) is 0 Å². The maximum atomic E-state index is 13.0. The summed E-state index contributed by atoms with van der Waals surface area (Å²) in [6.45, 7) is 2.01. The van der Waals surface area contributed by atoms with Crippen LogP contribution < -0.4 is 5.73 Å². The Kier molecular flexibility index (Phi) is 4.76. The summed E-state index contributed by atoms with van der Waals surface area (Å²) in [5.74, 6) is 0.375. The normalized spacial score (nSPS) is 25.8. The van der Waals surface area contributed by atoms with Gasteiger partial charge in [-0.3, -0.25) is 4.79 Å². The second-order valence-corrected chi connectivity index (χ2v) is 8.04. The first kappa shape index (κ1) is 17.6. The molecule has 1 saturated carbocycles. The molecule has 1 aliphatic heterocycles. The number of fused-ring (bicyclic) bond motifs is 1. The largest absolute Gasteiger partial charge is 0.347 e. The number of nitrogens with zero attached hydrogens (tertiary/aromatic N) is 2. The van der Waals surface area contributed by atoms with Crippen LogP contribution in [0.5, 0.6) is 0 Å². The molecule has 1 aromatic heterocycles. The standard InChI is InChI=1S/C20H25ClN4O/c21-16-3-1-2-15(10-16)20(12-22)7-4-14(5-8-20)19(26)25-9-6-17-18(11-25)24-13-23-17/h1-3,10,13-14H,4-9,11-12,22H2,(H,23,24). The fourth-order valence-electron chi connectivity index (χ4n) is 4.51. The van der Waals surface area contributed by atoms with Crippen molar-refractivity contribution in [2.24, 2.45) is 11.7 Å². The minimum absolute atomic E-state index is 0.0554. The summed E-state index contributed by atoms with van der Waals surface area (Å²) >= 11 is 6.19. The molecule has 1 aromatic carbocycles. The third-order valence-corrected chi connectivity index (χ3v) is 6.44. The highest BCUT2D eigenvalue weighted by Gasteiger charge is 2.39. The lowest BCUT2D eigenvalue weighted by Crippen LogP contribution is -2.45. The van der Waals surface area contributed by atoms with E-state index in [1.165, 1.54) is 5.56 Å². The average molecular weight is 373 g/mol. The molecule has 5 nitrogen and oxygen atoms in total. The van der Waals surface area contributed by atoms with Crippen LogP contribution in [-0.4, -0.2) is 33.9 Å². The number of nitrogens with two attached hydrogens (primary N) is 1. The van der Waals surface area contributed by atoms with Gasteiger partial charge in [0.2, 0.25) is 5.91 Å². The highest BCUT2D eigenvalue weighted by molar-refractivity contribution is 6.30. The van der Waals surface area contributed by atoms with E-state index < -0.39 is 0 Å². The highest BCUT2D eigenvalue weighted by atomic mass is 35.5. The van der Waals surface area contributed by atoms with Gasteiger partial charge in [-0.2, -0.15) is 0 Å². The van der Waals surface area contributed by atoms with Gasteiger partial charge in [0, 0.05) is 35.9 Å². The first-order chi connectivity index (χ1) is 12.6. The number of aromatic amines is 1. The Labute approximate surface area is 158 Å². The van der Waals surface area contributed by atoms with E-state index in [1.54, 1.807) is 6.33 Å². The topological polar surface area (TPSA) is 75.0 Å². The van der Waals surface area contributed by atoms with Gasteiger partial charge in [-0.15, -0.1) is 0 Å². The lowest BCUT2D eigenvalue weighted by atomic mass is 9.66. The summed E-state index contributed by atoms with van der Waals surface area (Å²) in [5.41, 5.74) is 9.51. The molecule has 4 rings (SSSR count). The molecule has 0 bridgehead atoms. The number of amides is 1. The molecule has 138 valence electrons. The second-order valence-electron chi connectivity index (χ2n) is 7.61. The minimum atomic E-state index is -0.0554. The Hall–Kier alpha value is -1.85. The van der Waals surface area contributed by atoms with Gasteiger partial charge >= 0.3 is 0 Å². The van der Waals surface area contributed by atoms with E-state index in [2.05, 4.69) is 16.0 Å². The Morgan fingerprint density at radius 2 is 2.19 bits per heavy atom. The van der Waals surface area contributed by atoms with Crippen molar-refractivity contribution in [2.45, 2.75) is 44.1 Å². The zero-order chi connectivity index (χ0) is 18.1. The number of benzene rings is 1. The van der Waals surface area contributed by atoms with Crippen molar-refractivity contribution in [3.63, 3.8) is 0 Å². The van der Waals surface area contributed by atoms with Gasteiger partial charge in [0.1, 0.15) is 0 Å². The Bertz CT molecular complexity index is 795. The van der Waals surface area contributed by atoms with Crippen molar-refractivity contribution in [3.8, 4) is 0 Å². The summed E-state index contributed by atoms with van der Waals surface area (Å²) in [7, 11) is 0. The van der Waals surface area contributed by atoms with Crippen LogP contribution in [0.2, 0.25) is 5.02 Å². The number of halogens is 1. The first-order valence-electron chi connectivity index (χ1n) is 9.37. The minimum Gasteiger partial charge on any atom is -0.347 e. The zero-order valence-electron chi connectivity index (χ0n) is 14.9. The molecule has 0 saturated heterocycles. The smallest absolute Gasteiger partial charge is 0.226 e. The van der Waals surface area contributed by atoms with Crippen LogP contribution in [0, 0.1) is 5.92 Å². The molecule has 2 heterocycles. The SMILES string of the molecule is NCC1(c2cccc(Cl)c2)CCC(C(=O)N2CCc3nc[nH]c3C2)CC1. The number of aromatic nitrogens is 2. The summed E-state index contributed by atoms with van der Waals surface area (Å²) in [6.07, 6.45) is 6.20. The molecule has 2 aliphatic rings. The number of carbonyl (C=O) groups excluding carboxylic acids is 1. The molecule has 3 N–H and O–H groups in total. The van der Waals surface area contributed by atoms with Gasteiger partial charge in [-0.1, -0.05) is 23.7 Å². The van der Waals surface area contributed by atoms with Gasteiger partial charge < -0.3 is 15.6 Å². The molecule has 1 amide bonds. The molecule has 26 heavy (non-hydrogen) atoms. The highest BCUT2D eigenvalue weighted by Crippen LogP contribution is 2.42. The summed E-state index contributed by atoms with van der Waals surface area (Å²) in [5, 5.41) is 0.747. The lowest BCUT2D eigenvalue weighted by molar-refractivity contribution is -0.138. The maximum absolute atomic E-state index is 13.0. The van der Waals surface area contributed by atoms with E-state index in [0.29, 0.717) is 13.1 Å². The maximum Gasteiger partial charge on any atom is 0.226 e. The molecular formula is C20H25ClN4O. The third kappa shape index (κ3) is 3.14. The predicted octanol–water partition coefficient (Wildman–Crippen LogP) is 3.03. The van der Waals surface area contributed by atoms with Crippen molar-refractivity contribution in [3.05, 3.63) is 52.6 Å². The van der Waals surface area contributed by atoms with E-state index in [-0.39, 0.29) is 17.2 Å². The molecule has 2 aromatic rings. The quantitative estimate of drug-likeness (QED) is 0.869. The molecule has 0 atom stereocenters.